The first-order valence-corrected chi connectivity index (χ1v) is 9.99. The minimum atomic E-state index is -0.688. The number of nitro groups is 1. The average molecular weight is 425 g/mol. The van der Waals surface area contributed by atoms with E-state index in [9.17, 15) is 14.9 Å². The number of nitrogens with one attached hydrogen (secondary N) is 1. The highest BCUT2D eigenvalue weighted by Gasteiger charge is 2.25. The third kappa shape index (κ3) is 4.02. The molecule has 1 saturated heterocycles. The van der Waals surface area contributed by atoms with Crippen molar-refractivity contribution in [2.24, 2.45) is 0 Å². The molecular formula is C21H23N5O5. The number of likely N-dealkylation sites (N-methyl/N-ethyl adjacent to an activating group) is 1. The summed E-state index contributed by atoms with van der Waals surface area (Å²) in [6.07, 6.45) is 3.03. The van der Waals surface area contributed by atoms with Crippen LogP contribution in [0.2, 0.25) is 0 Å². The van der Waals surface area contributed by atoms with Crippen LogP contribution in [0.4, 0.5) is 22.7 Å². The average Bonchev–Trinajstić information content (AvgIpc) is 3.17. The van der Waals surface area contributed by atoms with Crippen molar-refractivity contribution in [3.63, 3.8) is 0 Å². The van der Waals surface area contributed by atoms with Gasteiger partial charge in [-0.25, -0.2) is 4.79 Å². The van der Waals surface area contributed by atoms with E-state index >= 15 is 0 Å². The van der Waals surface area contributed by atoms with Crippen molar-refractivity contribution >= 4 is 39.7 Å². The first-order valence-electron chi connectivity index (χ1n) is 9.99. The summed E-state index contributed by atoms with van der Waals surface area (Å²) >= 11 is 0. The summed E-state index contributed by atoms with van der Waals surface area (Å²) in [5, 5.41) is 15.4. The van der Waals surface area contributed by atoms with Crippen LogP contribution in [-0.4, -0.2) is 60.6 Å². The largest absolute Gasteiger partial charge is 0.463 e. The Kier molecular flexibility index (Phi) is 5.72. The number of carbonyl (C=O) groups is 1. The normalized spacial score (nSPS) is 14.6. The molecular weight excluding hydrogens is 402 g/mol. The maximum Gasteiger partial charge on any atom is 0.376 e. The van der Waals surface area contributed by atoms with Crippen LogP contribution in [-0.2, 0) is 4.74 Å². The van der Waals surface area contributed by atoms with Crippen LogP contribution in [0, 0.1) is 10.1 Å². The zero-order valence-electron chi connectivity index (χ0n) is 17.3. The number of anilines is 3. The van der Waals surface area contributed by atoms with E-state index in [-0.39, 0.29) is 17.1 Å². The minimum absolute atomic E-state index is 0.0698. The molecule has 10 heteroatoms. The van der Waals surface area contributed by atoms with Crippen molar-refractivity contribution in [1.82, 2.24) is 9.88 Å². The van der Waals surface area contributed by atoms with Crippen LogP contribution in [0.3, 0.4) is 0 Å². The Morgan fingerprint density at radius 3 is 2.74 bits per heavy atom. The standard InChI is InChI=1S/C21H23N5O5/c1-3-24-8-10-25(11-9-24)14-4-5-16(17(12-14)26(28)29)23-19-15-6-7-22-13-18(15)31-20(19)21(27)30-2/h4-7,12-13,23H,3,8-11H2,1-2H3. The Hall–Kier alpha value is -3.66. The lowest BCUT2D eigenvalue weighted by Gasteiger charge is -2.35. The van der Waals surface area contributed by atoms with Gasteiger partial charge in [0.25, 0.3) is 5.69 Å². The highest BCUT2D eigenvalue weighted by atomic mass is 16.6. The smallest absolute Gasteiger partial charge is 0.376 e. The van der Waals surface area contributed by atoms with E-state index in [4.69, 9.17) is 9.15 Å². The Balaban J connectivity index is 1.69. The molecule has 2 aromatic heterocycles. The molecule has 3 aromatic rings. The second-order valence-electron chi connectivity index (χ2n) is 7.17. The number of ether oxygens (including phenoxy) is 1. The Bertz CT molecular complexity index is 1120. The fraction of sp³-hybridized carbons (Fsp3) is 0.333. The van der Waals surface area contributed by atoms with Crippen molar-refractivity contribution in [3.05, 3.63) is 52.5 Å². The fourth-order valence-electron chi connectivity index (χ4n) is 3.74. The number of benzene rings is 1. The number of carbonyl (C=O) groups excluding carboxylic acids is 1. The van der Waals surface area contributed by atoms with Gasteiger partial charge in [-0.1, -0.05) is 6.92 Å². The predicted octanol–water partition coefficient (Wildman–Crippen LogP) is 3.41. The van der Waals surface area contributed by atoms with Gasteiger partial charge in [-0.15, -0.1) is 0 Å². The van der Waals surface area contributed by atoms with E-state index in [1.807, 2.05) is 6.07 Å². The van der Waals surface area contributed by atoms with Gasteiger partial charge in [0.2, 0.25) is 5.76 Å². The number of piperazine rings is 1. The van der Waals surface area contributed by atoms with E-state index in [1.54, 1.807) is 24.4 Å². The van der Waals surface area contributed by atoms with Crippen molar-refractivity contribution < 1.29 is 18.9 Å². The number of hydrogen-bond acceptors (Lipinski definition) is 9. The van der Waals surface area contributed by atoms with Crippen LogP contribution < -0.4 is 10.2 Å². The van der Waals surface area contributed by atoms with Gasteiger partial charge >= 0.3 is 5.97 Å². The first-order chi connectivity index (χ1) is 15.0. The van der Waals surface area contributed by atoms with Crippen molar-refractivity contribution in [2.75, 3.05) is 50.1 Å². The molecule has 0 radical (unpaired) electrons. The van der Waals surface area contributed by atoms with Crippen LogP contribution in [0.15, 0.2) is 41.1 Å². The predicted molar refractivity (Wildman–Crippen MR) is 116 cm³/mol. The van der Waals surface area contributed by atoms with Gasteiger partial charge < -0.3 is 24.3 Å². The number of esters is 1. The summed E-state index contributed by atoms with van der Waals surface area (Å²) in [7, 11) is 1.24. The second kappa shape index (κ2) is 8.60. The summed E-state index contributed by atoms with van der Waals surface area (Å²) in [6.45, 7) is 6.57. The number of nitrogens with zero attached hydrogens (tertiary/aromatic N) is 4. The summed E-state index contributed by atoms with van der Waals surface area (Å²) in [6, 6.07) is 6.73. The third-order valence-electron chi connectivity index (χ3n) is 5.49. The van der Waals surface area contributed by atoms with E-state index in [0.717, 1.165) is 38.4 Å². The summed E-state index contributed by atoms with van der Waals surface area (Å²) < 4.78 is 10.4. The molecule has 0 amide bonds. The van der Waals surface area contributed by atoms with E-state index < -0.39 is 10.9 Å². The maximum absolute atomic E-state index is 12.2. The fourth-order valence-corrected chi connectivity index (χ4v) is 3.74. The van der Waals surface area contributed by atoms with Gasteiger partial charge in [-0.05, 0) is 24.7 Å². The molecule has 4 rings (SSSR count). The molecule has 0 unspecified atom stereocenters. The minimum Gasteiger partial charge on any atom is -0.463 e. The number of rotatable bonds is 6. The summed E-state index contributed by atoms with van der Waals surface area (Å²) in [4.78, 5) is 32.1. The van der Waals surface area contributed by atoms with Gasteiger partial charge in [-0.3, -0.25) is 15.1 Å². The SMILES string of the molecule is CCN1CCN(c2ccc(Nc3c(C(=O)OC)oc4cnccc34)c([N+](=O)[O-])c2)CC1. The number of methoxy groups -OCH3 is 1. The Labute approximate surface area is 178 Å². The monoisotopic (exact) mass is 425 g/mol. The zero-order valence-corrected chi connectivity index (χ0v) is 17.3. The van der Waals surface area contributed by atoms with Gasteiger partial charge in [-0.2, -0.15) is 0 Å². The molecule has 3 heterocycles. The Morgan fingerprint density at radius 1 is 1.29 bits per heavy atom. The van der Waals surface area contributed by atoms with E-state index in [0.29, 0.717) is 16.7 Å². The van der Waals surface area contributed by atoms with Crippen LogP contribution in [0.25, 0.3) is 11.0 Å². The second-order valence-corrected chi connectivity index (χ2v) is 7.17. The molecule has 31 heavy (non-hydrogen) atoms. The van der Waals surface area contributed by atoms with Crippen LogP contribution in [0.1, 0.15) is 17.5 Å². The topological polar surface area (TPSA) is 114 Å². The number of pyridine rings is 1. The van der Waals surface area contributed by atoms with Gasteiger partial charge in [0, 0.05) is 49.5 Å². The molecule has 1 fully saturated rings. The number of aromatic nitrogens is 1. The number of nitro benzene ring substituents is 1. The molecule has 0 aliphatic carbocycles. The molecule has 0 bridgehead atoms. The molecule has 0 spiro atoms. The van der Waals surface area contributed by atoms with Crippen molar-refractivity contribution in [3.8, 4) is 0 Å². The first kappa shape index (κ1) is 20.6. The zero-order chi connectivity index (χ0) is 22.0. The number of fused-ring (bicyclic) bond motifs is 1. The van der Waals surface area contributed by atoms with Crippen LogP contribution in [0.5, 0.6) is 0 Å². The molecule has 1 aromatic carbocycles. The number of hydrogen-bond donors (Lipinski definition) is 1. The maximum atomic E-state index is 12.2. The lowest BCUT2D eigenvalue weighted by molar-refractivity contribution is -0.383. The van der Waals surface area contributed by atoms with Crippen molar-refractivity contribution in [1.29, 1.82) is 0 Å². The molecule has 1 aliphatic heterocycles. The Morgan fingerprint density at radius 2 is 2.06 bits per heavy atom. The van der Waals surface area contributed by atoms with Crippen molar-refractivity contribution in [2.45, 2.75) is 6.92 Å². The lowest BCUT2D eigenvalue weighted by Crippen LogP contribution is -2.46. The van der Waals surface area contributed by atoms with Gasteiger partial charge in [0.15, 0.2) is 5.58 Å². The molecule has 0 atom stereocenters. The quantitative estimate of drug-likeness (QED) is 0.360. The lowest BCUT2D eigenvalue weighted by atomic mass is 10.1. The highest BCUT2D eigenvalue weighted by Crippen LogP contribution is 2.37. The highest BCUT2D eigenvalue weighted by molar-refractivity contribution is 6.05. The van der Waals surface area contributed by atoms with Gasteiger partial charge in [0.05, 0.1) is 18.2 Å². The molecule has 1 N–H and O–H groups in total. The number of furan rings is 1. The molecule has 10 nitrogen and oxygen atoms in total. The van der Waals surface area contributed by atoms with Gasteiger partial charge in [0.1, 0.15) is 11.4 Å². The van der Waals surface area contributed by atoms with E-state index in [1.165, 1.54) is 13.3 Å². The molecule has 0 saturated carbocycles. The third-order valence-corrected chi connectivity index (χ3v) is 5.49. The molecule has 1 aliphatic rings. The van der Waals surface area contributed by atoms with E-state index in [2.05, 4.69) is 27.0 Å². The summed E-state index contributed by atoms with van der Waals surface area (Å²) in [5.41, 5.74) is 1.64. The van der Waals surface area contributed by atoms with Crippen LogP contribution >= 0.6 is 0 Å². The summed E-state index contributed by atoms with van der Waals surface area (Å²) in [5.74, 6) is -0.758. The molecule has 162 valence electrons.